The summed E-state index contributed by atoms with van der Waals surface area (Å²) in [5.74, 6) is -0.126. The lowest BCUT2D eigenvalue weighted by atomic mass is 10.2. The molecule has 0 unspecified atom stereocenters. The molecule has 0 saturated heterocycles. The summed E-state index contributed by atoms with van der Waals surface area (Å²) in [6, 6.07) is 20.7. The van der Waals surface area contributed by atoms with E-state index in [0.29, 0.717) is 5.56 Å². The lowest BCUT2D eigenvalue weighted by Crippen LogP contribution is -2.11. The molecule has 2 aromatic heterocycles. The number of amides is 1. The SMILES string of the molecule is O=C(Nc1cccc(-c2nc3cccnc3s2)c1)c1ccccc1. The maximum atomic E-state index is 12.3. The van der Waals surface area contributed by atoms with Crippen molar-refractivity contribution >= 4 is 33.3 Å². The van der Waals surface area contributed by atoms with Gasteiger partial charge in [0.05, 0.1) is 0 Å². The normalized spacial score (nSPS) is 10.7. The number of rotatable bonds is 3. The predicted molar refractivity (Wildman–Crippen MR) is 97.2 cm³/mol. The van der Waals surface area contributed by atoms with Crippen LogP contribution in [-0.2, 0) is 0 Å². The summed E-state index contributed by atoms with van der Waals surface area (Å²) >= 11 is 1.54. The van der Waals surface area contributed by atoms with Gasteiger partial charge in [0.25, 0.3) is 5.91 Å². The quantitative estimate of drug-likeness (QED) is 0.596. The number of nitrogens with zero attached hydrogens (tertiary/aromatic N) is 2. The molecule has 0 radical (unpaired) electrons. The molecule has 116 valence electrons. The Labute approximate surface area is 142 Å². The van der Waals surface area contributed by atoms with Crippen LogP contribution in [0.2, 0.25) is 0 Å². The van der Waals surface area contributed by atoms with E-state index in [1.165, 1.54) is 11.3 Å². The number of aromatic nitrogens is 2. The minimum absolute atomic E-state index is 0.126. The molecule has 0 fully saturated rings. The number of thiazole rings is 1. The van der Waals surface area contributed by atoms with Crippen molar-refractivity contribution in [3.8, 4) is 10.6 Å². The minimum Gasteiger partial charge on any atom is -0.322 e. The van der Waals surface area contributed by atoms with Gasteiger partial charge in [0, 0.05) is 23.0 Å². The first-order chi connectivity index (χ1) is 11.8. The average molecular weight is 331 g/mol. The smallest absolute Gasteiger partial charge is 0.255 e. The first kappa shape index (κ1) is 14.5. The zero-order chi connectivity index (χ0) is 16.4. The molecule has 2 heterocycles. The van der Waals surface area contributed by atoms with Gasteiger partial charge in [-0.2, -0.15) is 0 Å². The maximum absolute atomic E-state index is 12.3. The van der Waals surface area contributed by atoms with Crippen LogP contribution in [-0.4, -0.2) is 15.9 Å². The molecule has 2 aromatic carbocycles. The van der Waals surface area contributed by atoms with Crippen LogP contribution in [0.15, 0.2) is 72.9 Å². The molecule has 0 aliphatic carbocycles. The molecule has 4 nitrogen and oxygen atoms in total. The van der Waals surface area contributed by atoms with Gasteiger partial charge in [-0.25, -0.2) is 9.97 Å². The van der Waals surface area contributed by atoms with Gasteiger partial charge in [-0.15, -0.1) is 0 Å². The number of hydrogen-bond acceptors (Lipinski definition) is 4. The van der Waals surface area contributed by atoms with E-state index < -0.39 is 0 Å². The lowest BCUT2D eigenvalue weighted by molar-refractivity contribution is 0.102. The molecule has 5 heteroatoms. The summed E-state index contributed by atoms with van der Waals surface area (Å²) in [5.41, 5.74) is 3.22. The van der Waals surface area contributed by atoms with E-state index in [9.17, 15) is 4.79 Å². The second-order valence-corrected chi connectivity index (χ2v) is 6.23. The number of hydrogen-bond donors (Lipinski definition) is 1. The molecule has 0 spiro atoms. The van der Waals surface area contributed by atoms with Gasteiger partial charge >= 0.3 is 0 Å². The second kappa shape index (κ2) is 6.22. The van der Waals surface area contributed by atoms with E-state index in [2.05, 4.69) is 15.3 Å². The van der Waals surface area contributed by atoms with E-state index in [1.54, 1.807) is 18.3 Å². The fraction of sp³-hybridized carbons (Fsp3) is 0. The van der Waals surface area contributed by atoms with Gasteiger partial charge in [-0.1, -0.05) is 41.7 Å². The Morgan fingerprint density at radius 2 is 1.83 bits per heavy atom. The highest BCUT2D eigenvalue weighted by atomic mass is 32.1. The summed E-state index contributed by atoms with van der Waals surface area (Å²) < 4.78 is 0. The summed E-state index contributed by atoms with van der Waals surface area (Å²) in [7, 11) is 0. The van der Waals surface area contributed by atoms with Crippen molar-refractivity contribution in [2.75, 3.05) is 5.32 Å². The topological polar surface area (TPSA) is 54.9 Å². The number of nitrogens with one attached hydrogen (secondary N) is 1. The largest absolute Gasteiger partial charge is 0.322 e. The molecule has 1 amide bonds. The van der Waals surface area contributed by atoms with Gasteiger partial charge in [-0.05, 0) is 36.4 Å². The number of carbonyl (C=O) groups is 1. The third-order valence-electron chi connectivity index (χ3n) is 3.57. The van der Waals surface area contributed by atoms with E-state index in [0.717, 1.165) is 26.6 Å². The van der Waals surface area contributed by atoms with Crippen molar-refractivity contribution in [3.63, 3.8) is 0 Å². The molecule has 1 N–H and O–H groups in total. The fourth-order valence-electron chi connectivity index (χ4n) is 2.42. The van der Waals surface area contributed by atoms with Crippen molar-refractivity contribution in [3.05, 3.63) is 78.5 Å². The first-order valence-electron chi connectivity index (χ1n) is 7.48. The van der Waals surface area contributed by atoms with Crippen molar-refractivity contribution in [2.24, 2.45) is 0 Å². The summed E-state index contributed by atoms with van der Waals surface area (Å²) in [6.07, 6.45) is 1.76. The molecule has 4 aromatic rings. The second-order valence-electron chi connectivity index (χ2n) is 5.25. The summed E-state index contributed by atoms with van der Waals surface area (Å²) in [5, 5.41) is 3.81. The molecular weight excluding hydrogens is 318 g/mol. The fourth-order valence-corrected chi connectivity index (χ4v) is 3.32. The third-order valence-corrected chi connectivity index (χ3v) is 4.60. The van der Waals surface area contributed by atoms with Crippen LogP contribution < -0.4 is 5.32 Å². The number of fused-ring (bicyclic) bond motifs is 1. The molecule has 0 aliphatic heterocycles. The Hall–Kier alpha value is -3.05. The van der Waals surface area contributed by atoms with E-state index in [4.69, 9.17) is 0 Å². The molecular formula is C19H13N3OS. The van der Waals surface area contributed by atoms with Crippen LogP contribution in [0.1, 0.15) is 10.4 Å². The van der Waals surface area contributed by atoms with Crippen molar-refractivity contribution in [1.82, 2.24) is 9.97 Å². The molecule has 0 atom stereocenters. The zero-order valence-electron chi connectivity index (χ0n) is 12.6. The summed E-state index contributed by atoms with van der Waals surface area (Å²) in [4.78, 5) is 22.1. The van der Waals surface area contributed by atoms with Gasteiger partial charge in [0.15, 0.2) is 0 Å². The third kappa shape index (κ3) is 2.89. The Bertz CT molecular complexity index is 978. The van der Waals surface area contributed by atoms with Crippen LogP contribution in [0.5, 0.6) is 0 Å². The Balaban J connectivity index is 1.63. The van der Waals surface area contributed by atoms with Crippen LogP contribution in [0, 0.1) is 0 Å². The zero-order valence-corrected chi connectivity index (χ0v) is 13.5. The van der Waals surface area contributed by atoms with E-state index >= 15 is 0 Å². The van der Waals surface area contributed by atoms with Gasteiger partial charge in [0.2, 0.25) is 0 Å². The van der Waals surface area contributed by atoms with Gasteiger partial charge in [0.1, 0.15) is 15.4 Å². The standard InChI is InChI=1S/C19H13N3OS/c23-17(13-6-2-1-3-7-13)21-15-9-4-8-14(12-15)18-22-16-10-5-11-20-19(16)24-18/h1-12H,(H,21,23). The lowest BCUT2D eigenvalue weighted by Gasteiger charge is -2.06. The van der Waals surface area contributed by atoms with Crippen LogP contribution in [0.3, 0.4) is 0 Å². The molecule has 0 aliphatic rings. The van der Waals surface area contributed by atoms with Crippen LogP contribution in [0.4, 0.5) is 5.69 Å². The van der Waals surface area contributed by atoms with Crippen molar-refractivity contribution in [2.45, 2.75) is 0 Å². The Morgan fingerprint density at radius 3 is 2.67 bits per heavy atom. The summed E-state index contributed by atoms with van der Waals surface area (Å²) in [6.45, 7) is 0. The predicted octanol–water partition coefficient (Wildman–Crippen LogP) is 4.61. The minimum atomic E-state index is -0.126. The molecule has 0 saturated carbocycles. The van der Waals surface area contributed by atoms with Gasteiger partial charge in [-0.3, -0.25) is 4.79 Å². The molecule has 0 bridgehead atoms. The molecule has 4 rings (SSSR count). The maximum Gasteiger partial charge on any atom is 0.255 e. The first-order valence-corrected chi connectivity index (χ1v) is 8.30. The van der Waals surface area contributed by atoms with Crippen LogP contribution >= 0.6 is 11.3 Å². The van der Waals surface area contributed by atoms with Crippen molar-refractivity contribution in [1.29, 1.82) is 0 Å². The highest BCUT2D eigenvalue weighted by Crippen LogP contribution is 2.30. The number of pyridine rings is 1. The Morgan fingerprint density at radius 1 is 0.958 bits per heavy atom. The molecule has 24 heavy (non-hydrogen) atoms. The average Bonchev–Trinajstić information content (AvgIpc) is 3.07. The highest BCUT2D eigenvalue weighted by Gasteiger charge is 2.09. The highest BCUT2D eigenvalue weighted by molar-refractivity contribution is 7.21. The Kier molecular flexibility index (Phi) is 3.76. The van der Waals surface area contributed by atoms with Crippen molar-refractivity contribution < 1.29 is 4.79 Å². The van der Waals surface area contributed by atoms with Gasteiger partial charge < -0.3 is 5.32 Å². The van der Waals surface area contributed by atoms with E-state index in [-0.39, 0.29) is 5.91 Å². The number of benzene rings is 2. The number of carbonyl (C=O) groups excluding carboxylic acids is 1. The monoisotopic (exact) mass is 331 g/mol. The van der Waals surface area contributed by atoms with Crippen LogP contribution in [0.25, 0.3) is 20.9 Å². The number of anilines is 1. The van der Waals surface area contributed by atoms with E-state index in [1.807, 2.05) is 54.6 Å².